The maximum absolute atomic E-state index is 6.59. The second kappa shape index (κ2) is 43.1. The van der Waals surface area contributed by atoms with Crippen LogP contribution in [0.3, 0.4) is 0 Å². The summed E-state index contributed by atoms with van der Waals surface area (Å²) in [6.07, 6.45) is 43.9. The Balaban J connectivity index is 0.000000117. The minimum absolute atomic E-state index is 0.197. The van der Waals surface area contributed by atoms with E-state index in [9.17, 15) is 0 Å². The van der Waals surface area contributed by atoms with Crippen LogP contribution >= 0.6 is 0 Å². The smallest absolute Gasteiger partial charge is 0.224 e. The van der Waals surface area contributed by atoms with Crippen LogP contribution in [0.2, 0.25) is 0 Å². The van der Waals surface area contributed by atoms with Crippen molar-refractivity contribution in [3.63, 3.8) is 0 Å². The standard InChI is InChI=1S/C26H31N5O3.C25H32N6O2.C25H31N5O2.C24H29N5O2/c1-17-29-22(21-15-33-16-24(21)30-17)12-18-2-4-20(5-3-18)34-25-14-19(31-8-10-32-11-9-31)13-23-26(25)28-7-6-27-23;1-30(2)25-28-8-7-19(29-25)15-18-3-5-21(6-4-18)33-23-17-20(31-11-13-32-14-12-31)16-22-24(23)27-10-9-26-22;1-17-20(16-28-18(2)29-17)13-19-3-5-22(6-4-19)32-24-15-21(30-9-11-31-12-10-30)14-23-25(24)27-8-7-26-23;1-17-19(15-25-16-28-17)12-18-2-4-21(5-3-18)31-23-14-20(29-8-10-30-11-9-29)13-22-24(23)27-7-6-26-22/h6-7,13-14,18,20H,2-5,8-12,15-16H2,1H3;7-10,16-18,21H,3-6,11-15H2,1-2H3;7-8,14-16,19,22H,3-6,9-13H2,1-2H3;6-7,13-16,18,21H,2-5,8-12H2,1H3. The highest BCUT2D eigenvalue weighted by Crippen LogP contribution is 2.42. The highest BCUT2D eigenvalue weighted by Gasteiger charge is 2.33. The van der Waals surface area contributed by atoms with E-state index in [1.807, 2.05) is 57.5 Å². The van der Waals surface area contributed by atoms with E-state index in [0.717, 1.165) is 364 Å². The first kappa shape index (κ1) is 89.2. The maximum atomic E-state index is 6.59. The van der Waals surface area contributed by atoms with Crippen molar-refractivity contribution < 1.29 is 42.6 Å². The molecule has 682 valence electrons. The minimum atomic E-state index is 0.197. The summed E-state index contributed by atoms with van der Waals surface area (Å²) in [5, 5.41) is 0. The predicted octanol–water partition coefficient (Wildman–Crippen LogP) is 15.1. The molecule has 30 heteroatoms. The lowest BCUT2D eigenvalue weighted by molar-refractivity contribution is 0.122. The van der Waals surface area contributed by atoms with Crippen LogP contribution in [0.15, 0.2) is 129 Å². The minimum Gasteiger partial charge on any atom is -0.488 e. The average Bonchev–Trinajstić information content (AvgIpc) is 1.06. The van der Waals surface area contributed by atoms with E-state index in [0.29, 0.717) is 36.9 Å². The highest BCUT2D eigenvalue weighted by atomic mass is 16.5. The molecule has 9 aliphatic rings. The summed E-state index contributed by atoms with van der Waals surface area (Å²) in [5.74, 6) is 8.44. The number of morpholine rings is 4. The third-order valence-corrected chi connectivity index (χ3v) is 27.0. The van der Waals surface area contributed by atoms with Crippen LogP contribution in [0.1, 0.15) is 160 Å². The Labute approximate surface area is 761 Å². The summed E-state index contributed by atoms with van der Waals surface area (Å²) in [6.45, 7) is 22.5. The Bertz CT molecular complexity index is 5750. The summed E-state index contributed by atoms with van der Waals surface area (Å²) < 4.78 is 53.9. The van der Waals surface area contributed by atoms with Gasteiger partial charge in [0.1, 0.15) is 63.0 Å². The van der Waals surface area contributed by atoms with Gasteiger partial charge in [-0.05, 0) is 221 Å². The van der Waals surface area contributed by atoms with Gasteiger partial charge in [0.25, 0.3) is 0 Å². The average molecular weight is 1760 g/mol. The van der Waals surface area contributed by atoms with Gasteiger partial charge in [-0.2, -0.15) is 0 Å². The van der Waals surface area contributed by atoms with Crippen molar-refractivity contribution in [2.24, 2.45) is 23.7 Å². The fourth-order valence-electron chi connectivity index (χ4n) is 19.8. The van der Waals surface area contributed by atoms with Gasteiger partial charge in [-0.1, -0.05) is 0 Å². The number of rotatable bonds is 21. The SMILES string of the molecule is CN(C)c1nccc(CC2CCC(Oc3cc(N4CCOCC4)cc4nccnc34)CC2)n1.Cc1nc2c(c(CC3CCC(Oc4cc(N5CCOCC5)cc5nccnc45)CC3)n1)COC2.Cc1ncc(CC2CCC(Oc3cc(N4CCOCC4)cc4nccnc34)CC2)c(C)n1.Cc1ncncc1CC1CCC(Oc2cc(N3CCOCC3)cc3nccnc23)CC1. The predicted molar refractivity (Wildman–Crippen MR) is 500 cm³/mol. The van der Waals surface area contributed by atoms with E-state index in [-0.39, 0.29) is 24.4 Å². The molecule has 13 heterocycles. The molecule has 0 atom stereocenters. The fraction of sp³-hybridized carbons (Fsp3) is 0.520. The van der Waals surface area contributed by atoms with E-state index >= 15 is 0 Å². The quantitative estimate of drug-likeness (QED) is 0.0645. The largest absolute Gasteiger partial charge is 0.488 e. The molecule has 4 aliphatic carbocycles. The van der Waals surface area contributed by atoms with Crippen molar-refractivity contribution >= 4 is 72.8 Å². The van der Waals surface area contributed by atoms with Gasteiger partial charge in [-0.25, -0.2) is 59.8 Å². The fourth-order valence-corrected chi connectivity index (χ4v) is 19.8. The van der Waals surface area contributed by atoms with E-state index in [1.54, 1.807) is 55.9 Å². The number of aryl methyl sites for hydroxylation is 4. The molecular formula is C100H123N21O9. The van der Waals surface area contributed by atoms with Crippen molar-refractivity contribution in [2.45, 2.75) is 194 Å². The summed E-state index contributed by atoms with van der Waals surface area (Å²) in [7, 11) is 3.95. The van der Waals surface area contributed by atoms with Crippen LogP contribution in [0.4, 0.5) is 28.7 Å². The molecule has 4 aromatic carbocycles. The van der Waals surface area contributed by atoms with E-state index in [2.05, 4.69) is 152 Å². The Morgan fingerprint density at radius 1 is 0.338 bits per heavy atom. The molecule has 5 aliphatic heterocycles. The lowest BCUT2D eigenvalue weighted by Gasteiger charge is -2.31. The summed E-state index contributed by atoms with van der Waals surface area (Å²) in [6, 6.07) is 19.0. The number of hydrogen-bond donors (Lipinski definition) is 0. The zero-order valence-electron chi connectivity index (χ0n) is 76.2. The van der Waals surface area contributed by atoms with Crippen molar-refractivity contribution in [1.82, 2.24) is 79.7 Å². The van der Waals surface area contributed by atoms with Gasteiger partial charge in [-0.3, -0.25) is 19.9 Å². The molecule has 0 spiro atoms. The maximum Gasteiger partial charge on any atom is 0.224 e. The third-order valence-electron chi connectivity index (χ3n) is 27.0. The van der Waals surface area contributed by atoms with Gasteiger partial charge >= 0.3 is 0 Å². The molecule has 12 aromatic rings. The number of anilines is 5. The summed E-state index contributed by atoms with van der Waals surface area (Å²) >= 11 is 0. The van der Waals surface area contributed by atoms with Crippen LogP contribution in [0, 0.1) is 51.4 Å². The zero-order valence-corrected chi connectivity index (χ0v) is 76.2. The Kier molecular flexibility index (Phi) is 29.5. The van der Waals surface area contributed by atoms with Gasteiger partial charge in [0.15, 0.2) is 0 Å². The zero-order chi connectivity index (χ0) is 88.5. The molecule has 8 fully saturated rings. The number of fused-ring (bicyclic) bond motifs is 5. The molecule has 0 bridgehead atoms. The molecule has 4 saturated heterocycles. The van der Waals surface area contributed by atoms with Crippen molar-refractivity contribution in [2.75, 3.05) is 144 Å². The molecule has 130 heavy (non-hydrogen) atoms. The first-order chi connectivity index (χ1) is 63.8. The van der Waals surface area contributed by atoms with Crippen molar-refractivity contribution in [3.05, 3.63) is 186 Å². The second-order valence-electron chi connectivity index (χ2n) is 36.3. The van der Waals surface area contributed by atoms with E-state index in [1.165, 1.54) is 22.4 Å². The van der Waals surface area contributed by atoms with Crippen LogP contribution in [-0.2, 0) is 62.6 Å². The molecule has 8 aromatic heterocycles. The van der Waals surface area contributed by atoms with Gasteiger partial charge < -0.3 is 67.1 Å². The molecule has 30 nitrogen and oxygen atoms in total. The molecule has 0 N–H and O–H groups in total. The number of hydrogen-bond acceptors (Lipinski definition) is 30. The highest BCUT2D eigenvalue weighted by molar-refractivity contribution is 5.88. The molecule has 0 amide bonds. The number of ether oxygens (including phenoxy) is 9. The normalized spacial score (nSPS) is 21.9. The summed E-state index contributed by atoms with van der Waals surface area (Å²) in [4.78, 5) is 83.6. The lowest BCUT2D eigenvalue weighted by atomic mass is 9.83. The van der Waals surface area contributed by atoms with Gasteiger partial charge in [0, 0.05) is 204 Å². The monoisotopic (exact) mass is 1760 g/mol. The topological polar surface area (TPSA) is 306 Å². The number of aromatic nitrogens is 16. The van der Waals surface area contributed by atoms with E-state index in [4.69, 9.17) is 52.6 Å². The molecule has 21 rings (SSSR count). The number of nitrogens with zero attached hydrogens (tertiary/aromatic N) is 21. The van der Waals surface area contributed by atoms with Crippen LogP contribution in [0.5, 0.6) is 23.0 Å². The van der Waals surface area contributed by atoms with Gasteiger partial charge in [0.05, 0.1) is 124 Å². The molecular weight excluding hydrogens is 1640 g/mol. The van der Waals surface area contributed by atoms with Crippen molar-refractivity contribution in [1.29, 1.82) is 0 Å². The van der Waals surface area contributed by atoms with E-state index < -0.39 is 0 Å². The molecule has 0 radical (unpaired) electrons. The second-order valence-corrected chi connectivity index (χ2v) is 36.3. The summed E-state index contributed by atoms with van der Waals surface area (Å²) in [5.41, 5.74) is 20.8. The third kappa shape index (κ3) is 22.9. The first-order valence-corrected chi connectivity index (χ1v) is 47.2. The van der Waals surface area contributed by atoms with Crippen LogP contribution in [0.25, 0.3) is 44.1 Å². The Morgan fingerprint density at radius 2 is 0.708 bits per heavy atom. The molecule has 0 unspecified atom stereocenters. The lowest BCUT2D eigenvalue weighted by Crippen LogP contribution is -2.36. The van der Waals surface area contributed by atoms with Crippen LogP contribution in [-0.4, -0.2) is 223 Å². The molecule has 4 saturated carbocycles. The first-order valence-electron chi connectivity index (χ1n) is 47.2. The van der Waals surface area contributed by atoms with Gasteiger partial charge in [0.2, 0.25) is 5.95 Å². The van der Waals surface area contributed by atoms with Crippen molar-refractivity contribution in [3.8, 4) is 23.0 Å². The van der Waals surface area contributed by atoms with Gasteiger partial charge in [-0.15, -0.1) is 0 Å². The van der Waals surface area contributed by atoms with Crippen LogP contribution < -0.4 is 43.4 Å². The number of benzene rings is 4. The Morgan fingerprint density at radius 3 is 1.08 bits per heavy atom. The Hall–Kier alpha value is -11.4.